The van der Waals surface area contributed by atoms with Crippen molar-refractivity contribution >= 4 is 5.97 Å². The minimum atomic E-state index is -0.329. The lowest BCUT2D eigenvalue weighted by Gasteiger charge is -2.06. The Balaban J connectivity index is 2.49. The largest absolute Gasteiger partial charge is 0.437 e. The molecule has 1 atom stereocenters. The van der Waals surface area contributed by atoms with E-state index in [1.54, 1.807) is 0 Å². The van der Waals surface area contributed by atoms with E-state index in [4.69, 9.17) is 4.74 Å². The fraction of sp³-hybridized carbons (Fsp3) is 0.833. The zero-order chi connectivity index (χ0) is 6.85. The summed E-state index contributed by atoms with van der Waals surface area (Å²) in [6, 6.07) is 0. The lowest BCUT2D eigenvalue weighted by molar-refractivity contribution is -0.139. The Morgan fingerprint density at radius 1 is 1.67 bits per heavy atom. The Labute approximate surface area is 53.9 Å². The number of ether oxygens (including phenoxy) is 2. The first-order chi connectivity index (χ1) is 4.22. The topological polar surface area (TPSA) is 35.5 Å². The molecule has 1 aliphatic heterocycles. The zero-order valence-electron chi connectivity index (χ0n) is 5.59. The van der Waals surface area contributed by atoms with Crippen molar-refractivity contribution in [3.8, 4) is 0 Å². The van der Waals surface area contributed by atoms with Crippen LogP contribution in [0.15, 0.2) is 0 Å². The van der Waals surface area contributed by atoms with Gasteiger partial charge < -0.3 is 9.47 Å². The molecule has 52 valence electrons. The van der Waals surface area contributed by atoms with Crippen LogP contribution in [-0.4, -0.2) is 18.9 Å². The highest BCUT2D eigenvalue weighted by Crippen LogP contribution is 2.13. The number of esters is 1. The third kappa shape index (κ3) is 1.21. The molecule has 0 unspecified atom stereocenters. The third-order valence-corrected chi connectivity index (χ3v) is 1.29. The highest BCUT2D eigenvalue weighted by Gasteiger charge is 2.29. The first-order valence-electron chi connectivity index (χ1n) is 3.00. The average Bonchev–Trinajstić information content (AvgIpc) is 2.13. The summed E-state index contributed by atoms with van der Waals surface area (Å²) < 4.78 is 9.52. The van der Waals surface area contributed by atoms with Crippen LogP contribution in [-0.2, 0) is 14.3 Å². The molecular weight excluding hydrogens is 120 g/mol. The van der Waals surface area contributed by atoms with Gasteiger partial charge in [0.05, 0.1) is 0 Å². The normalized spacial score (nSPS) is 27.0. The number of hydrogen-bond acceptors (Lipinski definition) is 3. The minimum Gasteiger partial charge on any atom is -0.437 e. The van der Waals surface area contributed by atoms with E-state index >= 15 is 0 Å². The van der Waals surface area contributed by atoms with Gasteiger partial charge in [-0.3, -0.25) is 0 Å². The van der Waals surface area contributed by atoms with Crippen molar-refractivity contribution in [1.82, 2.24) is 0 Å². The van der Waals surface area contributed by atoms with Gasteiger partial charge >= 0.3 is 5.97 Å². The molecule has 3 heteroatoms. The van der Waals surface area contributed by atoms with E-state index < -0.39 is 0 Å². The Morgan fingerprint density at radius 3 is 2.56 bits per heavy atom. The maximum atomic E-state index is 10.7. The van der Waals surface area contributed by atoms with Crippen LogP contribution >= 0.6 is 0 Å². The van der Waals surface area contributed by atoms with Gasteiger partial charge in [-0.1, -0.05) is 13.8 Å². The predicted octanol–water partition coefficient (Wildman–Crippen LogP) is 0.542. The van der Waals surface area contributed by atoms with E-state index in [9.17, 15) is 4.79 Å². The zero-order valence-corrected chi connectivity index (χ0v) is 5.59. The van der Waals surface area contributed by atoms with Gasteiger partial charge in [0.15, 0.2) is 12.9 Å². The van der Waals surface area contributed by atoms with Gasteiger partial charge in [-0.15, -0.1) is 0 Å². The third-order valence-electron chi connectivity index (χ3n) is 1.29. The smallest absolute Gasteiger partial charge is 0.337 e. The molecule has 1 rings (SSSR count). The van der Waals surface area contributed by atoms with E-state index in [0.717, 1.165) is 0 Å². The Bertz CT molecular complexity index is 119. The summed E-state index contributed by atoms with van der Waals surface area (Å²) in [6.07, 6.45) is -0.329. The molecule has 0 bridgehead atoms. The molecule has 0 N–H and O–H groups in total. The lowest BCUT2D eigenvalue weighted by atomic mass is 10.1. The van der Waals surface area contributed by atoms with E-state index in [1.807, 2.05) is 13.8 Å². The highest BCUT2D eigenvalue weighted by molar-refractivity contribution is 5.76. The second-order valence-electron chi connectivity index (χ2n) is 2.41. The number of carbonyl (C=O) groups excluding carboxylic acids is 1. The molecule has 0 aromatic rings. The fourth-order valence-corrected chi connectivity index (χ4v) is 0.780. The summed E-state index contributed by atoms with van der Waals surface area (Å²) in [5, 5.41) is 0. The number of rotatable bonds is 1. The van der Waals surface area contributed by atoms with E-state index in [0.29, 0.717) is 0 Å². The summed E-state index contributed by atoms with van der Waals surface area (Å²) in [5.74, 6) is -0.00926. The molecule has 0 amide bonds. The SMILES string of the molecule is CC(C)[C@@H]1OCOC1=O. The Hall–Kier alpha value is -0.570. The van der Waals surface area contributed by atoms with Crippen molar-refractivity contribution in [2.45, 2.75) is 20.0 Å². The second-order valence-corrected chi connectivity index (χ2v) is 2.41. The van der Waals surface area contributed by atoms with Gasteiger partial charge in [0.25, 0.3) is 0 Å². The fourth-order valence-electron chi connectivity index (χ4n) is 0.780. The van der Waals surface area contributed by atoms with Crippen LogP contribution < -0.4 is 0 Å². The Kier molecular flexibility index (Phi) is 1.71. The van der Waals surface area contributed by atoms with E-state index in [1.165, 1.54) is 0 Å². The van der Waals surface area contributed by atoms with E-state index in [-0.39, 0.29) is 24.8 Å². The number of carbonyl (C=O) groups is 1. The molecular formula is C6H10O3. The molecule has 0 aromatic heterocycles. The summed E-state index contributed by atoms with van der Waals surface area (Å²) in [7, 11) is 0. The summed E-state index contributed by atoms with van der Waals surface area (Å²) in [4.78, 5) is 10.7. The average molecular weight is 130 g/mol. The molecule has 1 heterocycles. The van der Waals surface area contributed by atoms with Gasteiger partial charge in [-0.05, 0) is 5.92 Å². The maximum Gasteiger partial charge on any atom is 0.337 e. The highest BCUT2D eigenvalue weighted by atomic mass is 16.7. The number of hydrogen-bond donors (Lipinski definition) is 0. The van der Waals surface area contributed by atoms with Crippen molar-refractivity contribution in [3.63, 3.8) is 0 Å². The van der Waals surface area contributed by atoms with Crippen LogP contribution in [0, 0.1) is 5.92 Å². The van der Waals surface area contributed by atoms with Gasteiger partial charge in [0.2, 0.25) is 0 Å². The molecule has 0 aromatic carbocycles. The molecule has 1 saturated heterocycles. The van der Waals surface area contributed by atoms with Crippen molar-refractivity contribution in [2.75, 3.05) is 6.79 Å². The summed E-state index contributed by atoms with van der Waals surface area (Å²) in [6.45, 7) is 3.98. The lowest BCUT2D eigenvalue weighted by Crippen LogP contribution is -2.22. The number of cyclic esters (lactones) is 1. The van der Waals surface area contributed by atoms with Crippen LogP contribution in [0.5, 0.6) is 0 Å². The monoisotopic (exact) mass is 130 g/mol. The van der Waals surface area contributed by atoms with Gasteiger partial charge in [-0.2, -0.15) is 0 Å². The first kappa shape index (κ1) is 6.55. The molecule has 1 aliphatic rings. The van der Waals surface area contributed by atoms with Gasteiger partial charge in [0, 0.05) is 0 Å². The van der Waals surface area contributed by atoms with Crippen molar-refractivity contribution in [2.24, 2.45) is 5.92 Å². The predicted molar refractivity (Wildman–Crippen MR) is 30.7 cm³/mol. The summed E-state index contributed by atoms with van der Waals surface area (Å²) >= 11 is 0. The maximum absolute atomic E-state index is 10.7. The minimum absolute atomic E-state index is 0.127. The molecule has 9 heavy (non-hydrogen) atoms. The first-order valence-corrected chi connectivity index (χ1v) is 3.00. The van der Waals surface area contributed by atoms with Gasteiger partial charge in [0.1, 0.15) is 0 Å². The van der Waals surface area contributed by atoms with Crippen LogP contribution in [0.3, 0.4) is 0 Å². The van der Waals surface area contributed by atoms with Crippen LogP contribution in [0.4, 0.5) is 0 Å². The summed E-state index contributed by atoms with van der Waals surface area (Å²) in [5.41, 5.74) is 0. The Morgan fingerprint density at radius 2 is 2.33 bits per heavy atom. The van der Waals surface area contributed by atoms with Crippen molar-refractivity contribution in [1.29, 1.82) is 0 Å². The van der Waals surface area contributed by atoms with Crippen LogP contribution in [0.2, 0.25) is 0 Å². The van der Waals surface area contributed by atoms with Crippen molar-refractivity contribution < 1.29 is 14.3 Å². The van der Waals surface area contributed by atoms with Crippen molar-refractivity contribution in [3.05, 3.63) is 0 Å². The molecule has 0 radical (unpaired) electrons. The second kappa shape index (κ2) is 2.35. The van der Waals surface area contributed by atoms with Gasteiger partial charge in [-0.25, -0.2) is 4.79 Å². The molecule has 3 nitrogen and oxygen atoms in total. The van der Waals surface area contributed by atoms with E-state index in [2.05, 4.69) is 4.74 Å². The molecule has 0 spiro atoms. The molecule has 0 aliphatic carbocycles. The molecule has 0 saturated carbocycles. The standard InChI is InChI=1S/C6H10O3/c1-4(2)5-6(7)9-3-8-5/h4-5H,3H2,1-2H3/t5-/m0/s1. The van der Waals surface area contributed by atoms with Crippen LogP contribution in [0.1, 0.15) is 13.8 Å². The van der Waals surface area contributed by atoms with Crippen LogP contribution in [0.25, 0.3) is 0 Å². The quantitative estimate of drug-likeness (QED) is 0.486. The molecule has 1 fully saturated rings.